The van der Waals surface area contributed by atoms with Crippen molar-refractivity contribution in [3.8, 4) is 0 Å². The molecule has 0 fully saturated rings. The van der Waals surface area contributed by atoms with E-state index in [1.54, 1.807) is 0 Å². The predicted octanol–water partition coefficient (Wildman–Crippen LogP) is 5.66. The van der Waals surface area contributed by atoms with Gasteiger partial charge in [-0.15, -0.1) is 0 Å². The van der Waals surface area contributed by atoms with E-state index in [9.17, 15) is 0 Å². The average Bonchev–Trinajstić information content (AvgIpc) is 2.84. The van der Waals surface area contributed by atoms with Crippen molar-refractivity contribution >= 4 is 59.7 Å². The summed E-state index contributed by atoms with van der Waals surface area (Å²) in [5.41, 5.74) is 0. The first-order chi connectivity index (χ1) is 15.3. The zero-order valence-electron chi connectivity index (χ0n) is 17.2. The molecule has 31 heavy (non-hydrogen) atoms. The van der Waals surface area contributed by atoms with E-state index in [0.717, 1.165) is 0 Å². The Bertz CT molecular complexity index is 1360. The highest BCUT2D eigenvalue weighted by molar-refractivity contribution is 6.95. The maximum Gasteiger partial charge on any atom is 0.383 e. The summed E-state index contributed by atoms with van der Waals surface area (Å²) in [5.74, 6) is 0. The van der Waals surface area contributed by atoms with E-state index >= 15 is 0 Å². The van der Waals surface area contributed by atoms with Crippen LogP contribution in [0.5, 0.6) is 0 Å². The summed E-state index contributed by atoms with van der Waals surface area (Å²) < 4.78 is 4.39. The van der Waals surface area contributed by atoms with Crippen LogP contribution in [-0.2, 0) is 0 Å². The van der Waals surface area contributed by atoms with Crippen LogP contribution >= 0.6 is 0 Å². The Labute approximate surface area is 186 Å². The van der Waals surface area contributed by atoms with Gasteiger partial charge in [0.25, 0.3) is 0 Å². The predicted molar refractivity (Wildman–Crippen MR) is 136 cm³/mol. The quantitative estimate of drug-likeness (QED) is 0.331. The molecule has 144 valence electrons. The second-order valence-electron chi connectivity index (χ2n) is 8.25. The number of hydrogen-bond donors (Lipinski definition) is 0. The van der Waals surface area contributed by atoms with Crippen LogP contribution in [0.25, 0.3) is 32.3 Å². The van der Waals surface area contributed by atoms with Gasteiger partial charge in [0.2, 0.25) is 0 Å². The first-order valence-electron chi connectivity index (χ1n) is 10.8. The van der Waals surface area contributed by atoms with Gasteiger partial charge in [-0.1, -0.05) is 141 Å². The molecule has 0 radical (unpaired) electrons. The van der Waals surface area contributed by atoms with Gasteiger partial charge in [-0.3, -0.25) is 0 Å². The molecule has 0 atom stereocenters. The maximum absolute atomic E-state index is 2.41. The van der Waals surface area contributed by atoms with Crippen LogP contribution in [0.4, 0.5) is 0 Å². The van der Waals surface area contributed by atoms with Crippen LogP contribution in [-0.4, -0.2) is 14.1 Å². The first-order valence-corrected chi connectivity index (χ1v) is 12.5. The topological polar surface area (TPSA) is 0 Å². The molecule has 0 aliphatic rings. The van der Waals surface area contributed by atoms with Gasteiger partial charge >= 0.3 is 14.1 Å². The molecule has 0 heterocycles. The number of hydrogen-bond acceptors (Lipinski definition) is 0. The van der Waals surface area contributed by atoms with E-state index in [1.165, 1.54) is 45.6 Å². The van der Waals surface area contributed by atoms with Crippen LogP contribution in [0.15, 0.2) is 127 Å². The van der Waals surface area contributed by atoms with Crippen LogP contribution in [0.1, 0.15) is 0 Å². The van der Waals surface area contributed by atoms with Gasteiger partial charge in [0.05, 0.1) is 0 Å². The van der Waals surface area contributed by atoms with Gasteiger partial charge in [0, 0.05) is 0 Å². The van der Waals surface area contributed by atoms with Crippen molar-refractivity contribution in [3.63, 3.8) is 0 Å². The Kier molecular flexibility index (Phi) is 4.58. The number of benzene rings is 6. The van der Waals surface area contributed by atoms with Gasteiger partial charge in [-0.2, -0.15) is 0 Å². The van der Waals surface area contributed by atoms with E-state index < -0.39 is 14.1 Å². The van der Waals surface area contributed by atoms with Crippen molar-refractivity contribution in [2.24, 2.45) is 0 Å². The van der Waals surface area contributed by atoms with Crippen LogP contribution < -0.4 is 13.3 Å². The molecule has 6 aromatic carbocycles. The van der Waals surface area contributed by atoms with E-state index in [2.05, 4.69) is 127 Å². The molecule has 0 aliphatic carbocycles. The Balaban J connectivity index is 1.59. The molecule has 0 nitrogen and oxygen atoms in total. The van der Waals surface area contributed by atoms with Crippen molar-refractivity contribution < 1.29 is 0 Å². The SMILES string of the molecule is c1ccc2c[c]([Al]([c]3ccc4ccccc4c3)[c]3ccc4ccccc4c3)ccc2c1. The third-order valence-corrected chi connectivity index (χ3v) is 9.40. The van der Waals surface area contributed by atoms with Crippen molar-refractivity contribution in [2.45, 2.75) is 0 Å². The number of fused-ring (bicyclic) bond motifs is 3. The minimum Gasteiger partial charge on any atom is -0.0980 e. The third kappa shape index (κ3) is 3.43. The molecule has 0 aliphatic heterocycles. The summed E-state index contributed by atoms with van der Waals surface area (Å²) >= 11 is -1.63. The first kappa shape index (κ1) is 18.4. The molecule has 0 saturated heterocycles. The zero-order chi connectivity index (χ0) is 20.6. The summed E-state index contributed by atoms with van der Waals surface area (Å²) in [6.45, 7) is 0. The van der Waals surface area contributed by atoms with Gasteiger partial charge < -0.3 is 0 Å². The fraction of sp³-hybridized carbons (Fsp3) is 0. The van der Waals surface area contributed by atoms with E-state index in [-0.39, 0.29) is 0 Å². The van der Waals surface area contributed by atoms with Crippen molar-refractivity contribution in [3.05, 3.63) is 127 Å². The highest BCUT2D eigenvalue weighted by atomic mass is 27.2. The Morgan fingerprint density at radius 1 is 0.290 bits per heavy atom. The van der Waals surface area contributed by atoms with Crippen molar-refractivity contribution in [1.29, 1.82) is 0 Å². The van der Waals surface area contributed by atoms with E-state index in [4.69, 9.17) is 0 Å². The molecule has 0 spiro atoms. The lowest BCUT2D eigenvalue weighted by atomic mass is 10.1. The lowest BCUT2D eigenvalue weighted by molar-refractivity contribution is 1.74. The summed E-state index contributed by atoms with van der Waals surface area (Å²) in [4.78, 5) is 0. The standard InChI is InChI=1S/3C10H7.Al/c3*1-2-6-10-8-4-3-7-9(10)5-1;/h3*1-3,5-8H;. The molecule has 0 saturated carbocycles. The Morgan fingerprint density at radius 3 is 0.903 bits per heavy atom. The molecule has 0 aromatic heterocycles. The lowest BCUT2D eigenvalue weighted by Gasteiger charge is -2.16. The molecular formula is C30H21Al. The van der Waals surface area contributed by atoms with Crippen LogP contribution in [0.2, 0.25) is 0 Å². The van der Waals surface area contributed by atoms with Gasteiger partial charge in [-0.05, 0) is 32.3 Å². The molecule has 0 unspecified atom stereocenters. The van der Waals surface area contributed by atoms with Crippen molar-refractivity contribution in [2.75, 3.05) is 0 Å². The minimum atomic E-state index is -1.63. The second kappa shape index (κ2) is 7.71. The second-order valence-corrected chi connectivity index (χ2v) is 11.1. The average molecular weight is 408 g/mol. The summed E-state index contributed by atoms with van der Waals surface area (Å²) in [7, 11) is 0. The molecule has 1 heteroatoms. The van der Waals surface area contributed by atoms with E-state index in [0.29, 0.717) is 0 Å². The normalized spacial score (nSPS) is 11.2. The summed E-state index contributed by atoms with van der Waals surface area (Å²) in [6, 6.07) is 47.2. The minimum absolute atomic E-state index is 1.30. The van der Waals surface area contributed by atoms with Crippen molar-refractivity contribution in [1.82, 2.24) is 0 Å². The highest BCUT2D eigenvalue weighted by Gasteiger charge is 2.26. The van der Waals surface area contributed by atoms with Gasteiger partial charge in [-0.25, -0.2) is 0 Å². The molecular weight excluding hydrogens is 387 g/mol. The Hall–Kier alpha value is -3.37. The van der Waals surface area contributed by atoms with Gasteiger partial charge in [0.15, 0.2) is 0 Å². The Morgan fingerprint density at radius 2 is 0.581 bits per heavy atom. The summed E-state index contributed by atoms with van der Waals surface area (Å²) in [5, 5.41) is 7.86. The van der Waals surface area contributed by atoms with Crippen LogP contribution in [0, 0.1) is 0 Å². The lowest BCUT2D eigenvalue weighted by Crippen LogP contribution is -2.51. The maximum atomic E-state index is 2.41. The highest BCUT2D eigenvalue weighted by Crippen LogP contribution is 2.16. The molecule has 0 N–H and O–H groups in total. The van der Waals surface area contributed by atoms with Crippen LogP contribution in [0.3, 0.4) is 0 Å². The third-order valence-electron chi connectivity index (χ3n) is 6.32. The fourth-order valence-electron chi connectivity index (χ4n) is 4.74. The largest absolute Gasteiger partial charge is 0.383 e. The molecule has 6 aromatic rings. The molecule has 6 rings (SSSR count). The smallest absolute Gasteiger partial charge is 0.0980 e. The zero-order valence-corrected chi connectivity index (χ0v) is 18.4. The monoisotopic (exact) mass is 408 g/mol. The summed E-state index contributed by atoms with van der Waals surface area (Å²) in [6.07, 6.45) is 0. The number of rotatable bonds is 3. The van der Waals surface area contributed by atoms with E-state index in [1.807, 2.05) is 0 Å². The molecule has 0 bridgehead atoms. The molecule has 0 amide bonds. The fourth-order valence-corrected chi connectivity index (χ4v) is 7.80. The van der Waals surface area contributed by atoms with Gasteiger partial charge in [0.1, 0.15) is 0 Å².